The minimum Gasteiger partial charge on any atom is -0.361 e. The second-order valence-electron chi connectivity index (χ2n) is 5.15. The summed E-state index contributed by atoms with van der Waals surface area (Å²) >= 11 is 4.56. The minimum absolute atomic E-state index is 0.391. The molecule has 1 aliphatic rings. The summed E-state index contributed by atoms with van der Waals surface area (Å²) in [6.07, 6.45) is 1.72. The van der Waals surface area contributed by atoms with Crippen molar-refractivity contribution in [2.24, 2.45) is 0 Å². The molecule has 0 N–H and O–H groups in total. The van der Waals surface area contributed by atoms with Gasteiger partial charge >= 0.3 is 0 Å². The molecular formula is C13H16BrN3O3S2. The van der Waals surface area contributed by atoms with Crippen molar-refractivity contribution in [1.82, 2.24) is 14.4 Å². The average molecular weight is 406 g/mol. The lowest BCUT2D eigenvalue weighted by atomic mass is 10.2. The molecule has 0 unspecified atom stereocenters. The first-order valence-electron chi connectivity index (χ1n) is 6.85. The Balaban J connectivity index is 1.63. The summed E-state index contributed by atoms with van der Waals surface area (Å²) in [6.45, 7) is 5.04. The van der Waals surface area contributed by atoms with Crippen LogP contribution in [0.1, 0.15) is 11.3 Å². The number of sulfonamides is 1. The van der Waals surface area contributed by atoms with Crippen LogP contribution in [-0.2, 0) is 16.6 Å². The first-order chi connectivity index (χ1) is 10.5. The molecule has 1 saturated heterocycles. The van der Waals surface area contributed by atoms with Gasteiger partial charge in [0, 0.05) is 38.3 Å². The number of halogens is 1. The topological polar surface area (TPSA) is 66.7 Å². The van der Waals surface area contributed by atoms with Crippen LogP contribution in [0, 0.1) is 6.92 Å². The van der Waals surface area contributed by atoms with Gasteiger partial charge in [0.25, 0.3) is 10.0 Å². The Kier molecular flexibility index (Phi) is 4.69. The van der Waals surface area contributed by atoms with Crippen LogP contribution in [-0.4, -0.2) is 49.0 Å². The summed E-state index contributed by atoms with van der Waals surface area (Å²) in [5, 5.41) is 3.77. The molecule has 0 radical (unpaired) electrons. The molecule has 2 aromatic heterocycles. The fourth-order valence-electron chi connectivity index (χ4n) is 2.40. The molecule has 3 rings (SSSR count). The molecular weight excluding hydrogens is 390 g/mol. The Labute approximate surface area is 141 Å². The third kappa shape index (κ3) is 3.28. The molecule has 2 aromatic rings. The van der Waals surface area contributed by atoms with Gasteiger partial charge in [-0.1, -0.05) is 5.16 Å². The van der Waals surface area contributed by atoms with Crippen LogP contribution in [0.3, 0.4) is 0 Å². The number of aryl methyl sites for hydroxylation is 1. The maximum atomic E-state index is 12.6. The van der Waals surface area contributed by atoms with E-state index in [1.54, 1.807) is 22.6 Å². The van der Waals surface area contributed by atoms with Gasteiger partial charge in [-0.25, -0.2) is 8.42 Å². The van der Waals surface area contributed by atoms with Gasteiger partial charge in [0.15, 0.2) is 0 Å². The molecule has 0 saturated carbocycles. The van der Waals surface area contributed by atoms with E-state index in [2.05, 4.69) is 26.0 Å². The molecule has 0 aromatic carbocycles. The Morgan fingerprint density at radius 1 is 1.32 bits per heavy atom. The van der Waals surface area contributed by atoms with E-state index < -0.39 is 10.0 Å². The molecule has 1 aliphatic heterocycles. The van der Waals surface area contributed by atoms with Gasteiger partial charge in [-0.15, -0.1) is 11.3 Å². The van der Waals surface area contributed by atoms with Crippen LogP contribution in [0.15, 0.2) is 30.8 Å². The molecule has 0 aliphatic carbocycles. The van der Waals surface area contributed by atoms with Crippen molar-refractivity contribution >= 4 is 37.3 Å². The lowest BCUT2D eigenvalue weighted by Gasteiger charge is -2.33. The number of aromatic nitrogens is 1. The Morgan fingerprint density at radius 3 is 2.59 bits per heavy atom. The van der Waals surface area contributed by atoms with Gasteiger partial charge in [0.2, 0.25) is 0 Å². The van der Waals surface area contributed by atoms with E-state index in [1.807, 2.05) is 6.92 Å². The number of rotatable bonds is 4. The molecule has 22 heavy (non-hydrogen) atoms. The number of nitrogens with zero attached hydrogens (tertiary/aromatic N) is 3. The summed E-state index contributed by atoms with van der Waals surface area (Å²) in [6, 6.07) is 3.42. The van der Waals surface area contributed by atoms with E-state index in [1.165, 1.54) is 11.3 Å². The summed E-state index contributed by atoms with van der Waals surface area (Å²) in [7, 11) is -3.37. The smallest absolute Gasteiger partial charge is 0.252 e. The summed E-state index contributed by atoms with van der Waals surface area (Å²) in [5.74, 6) is 0.818. The zero-order valence-corrected chi connectivity index (χ0v) is 15.2. The van der Waals surface area contributed by atoms with E-state index in [4.69, 9.17) is 4.52 Å². The Hall–Kier alpha value is -0.740. The molecule has 0 bridgehead atoms. The molecule has 1 fully saturated rings. The summed E-state index contributed by atoms with van der Waals surface area (Å²) in [5.41, 5.74) is 1.05. The predicted octanol–water partition coefficient (Wildman–Crippen LogP) is 2.31. The SMILES string of the molecule is Cc1oncc1CN1CCN(S(=O)(=O)c2ccc(Br)s2)CC1. The lowest BCUT2D eigenvalue weighted by molar-refractivity contribution is 0.181. The van der Waals surface area contributed by atoms with Gasteiger partial charge in [0.05, 0.1) is 9.98 Å². The highest BCUT2D eigenvalue weighted by atomic mass is 79.9. The monoisotopic (exact) mass is 405 g/mol. The third-order valence-corrected chi connectivity index (χ3v) is 7.71. The van der Waals surface area contributed by atoms with Gasteiger partial charge in [0.1, 0.15) is 9.97 Å². The first kappa shape index (κ1) is 16.1. The zero-order valence-electron chi connectivity index (χ0n) is 12.0. The second-order valence-corrected chi connectivity index (χ2v) is 9.77. The van der Waals surface area contributed by atoms with Gasteiger partial charge in [-0.2, -0.15) is 4.31 Å². The molecule has 0 spiro atoms. The second kappa shape index (κ2) is 6.40. The third-order valence-electron chi connectivity index (χ3n) is 3.72. The Morgan fingerprint density at radius 2 is 2.05 bits per heavy atom. The van der Waals surface area contributed by atoms with Gasteiger partial charge in [-0.3, -0.25) is 4.90 Å². The highest BCUT2D eigenvalue weighted by molar-refractivity contribution is 9.11. The average Bonchev–Trinajstić information content (AvgIpc) is 3.09. The van der Waals surface area contributed by atoms with Crippen LogP contribution in [0.2, 0.25) is 0 Å². The van der Waals surface area contributed by atoms with E-state index in [-0.39, 0.29) is 0 Å². The molecule has 120 valence electrons. The Bertz CT molecular complexity index is 748. The van der Waals surface area contributed by atoms with Crippen LogP contribution >= 0.6 is 27.3 Å². The number of thiophene rings is 1. The molecule has 3 heterocycles. The van der Waals surface area contributed by atoms with Crippen molar-refractivity contribution in [3.63, 3.8) is 0 Å². The maximum absolute atomic E-state index is 12.6. The van der Waals surface area contributed by atoms with Crippen molar-refractivity contribution in [3.05, 3.63) is 33.4 Å². The highest BCUT2D eigenvalue weighted by Gasteiger charge is 2.29. The standard InChI is InChI=1S/C13H16BrN3O3S2/c1-10-11(8-15-20-10)9-16-4-6-17(7-5-16)22(18,19)13-3-2-12(14)21-13/h2-3,8H,4-7,9H2,1H3. The summed E-state index contributed by atoms with van der Waals surface area (Å²) in [4.78, 5) is 2.22. The largest absolute Gasteiger partial charge is 0.361 e. The van der Waals surface area contributed by atoms with E-state index >= 15 is 0 Å². The highest BCUT2D eigenvalue weighted by Crippen LogP contribution is 2.29. The lowest BCUT2D eigenvalue weighted by Crippen LogP contribution is -2.48. The van der Waals surface area contributed by atoms with Crippen molar-refractivity contribution in [1.29, 1.82) is 0 Å². The van der Waals surface area contributed by atoms with Crippen molar-refractivity contribution in [2.45, 2.75) is 17.7 Å². The van der Waals surface area contributed by atoms with E-state index in [9.17, 15) is 8.42 Å². The predicted molar refractivity (Wildman–Crippen MR) is 87.3 cm³/mol. The van der Waals surface area contributed by atoms with Gasteiger partial charge in [-0.05, 0) is 35.0 Å². The molecule has 0 amide bonds. The molecule has 0 atom stereocenters. The fraction of sp³-hybridized carbons (Fsp3) is 0.462. The van der Waals surface area contributed by atoms with Crippen LogP contribution in [0.4, 0.5) is 0 Å². The van der Waals surface area contributed by atoms with Gasteiger partial charge < -0.3 is 4.52 Å². The van der Waals surface area contributed by atoms with Crippen molar-refractivity contribution < 1.29 is 12.9 Å². The van der Waals surface area contributed by atoms with Crippen molar-refractivity contribution in [3.8, 4) is 0 Å². The molecule has 9 heteroatoms. The fourth-order valence-corrected chi connectivity index (χ4v) is 5.99. The number of hydrogen-bond acceptors (Lipinski definition) is 6. The van der Waals surface area contributed by atoms with Crippen LogP contribution < -0.4 is 0 Å². The number of piperazine rings is 1. The number of hydrogen-bond donors (Lipinski definition) is 0. The quantitative estimate of drug-likeness (QED) is 0.780. The summed E-state index contributed by atoms with van der Waals surface area (Å²) < 4.78 is 32.9. The normalized spacial score (nSPS) is 17.9. The first-order valence-corrected chi connectivity index (χ1v) is 9.90. The zero-order chi connectivity index (χ0) is 15.7. The van der Waals surface area contributed by atoms with E-state index in [0.717, 1.165) is 21.7 Å². The van der Waals surface area contributed by atoms with Crippen LogP contribution in [0.25, 0.3) is 0 Å². The van der Waals surface area contributed by atoms with E-state index in [0.29, 0.717) is 30.4 Å². The van der Waals surface area contributed by atoms with Crippen LogP contribution in [0.5, 0.6) is 0 Å². The minimum atomic E-state index is -3.37. The maximum Gasteiger partial charge on any atom is 0.252 e. The molecule has 6 nitrogen and oxygen atoms in total. The van der Waals surface area contributed by atoms with Crippen molar-refractivity contribution in [2.75, 3.05) is 26.2 Å².